The lowest BCUT2D eigenvalue weighted by Crippen LogP contribution is -2.31. The molecule has 13 rings (SSSR count). The lowest BCUT2D eigenvalue weighted by Gasteiger charge is -2.16. The van der Waals surface area contributed by atoms with Gasteiger partial charge >= 0.3 is 0 Å². The van der Waals surface area contributed by atoms with Crippen LogP contribution in [0.15, 0.2) is 170 Å². The van der Waals surface area contributed by atoms with E-state index in [0.29, 0.717) is 24.1 Å². The van der Waals surface area contributed by atoms with Crippen LogP contribution >= 0.6 is 0 Å². The Morgan fingerprint density at radius 2 is 0.690 bits per heavy atom. The van der Waals surface area contributed by atoms with Crippen molar-refractivity contribution in [3.63, 3.8) is 0 Å². The number of para-hydroxylation sites is 4. The zero-order valence-corrected chi connectivity index (χ0v) is 39.3. The maximum Gasteiger partial charge on any atom is 0.264 e. The molecule has 0 atom stereocenters. The summed E-state index contributed by atoms with van der Waals surface area (Å²) in [6.07, 6.45) is 4.17. The van der Waals surface area contributed by atoms with Gasteiger partial charge in [-0.15, -0.1) is 0 Å². The second-order valence-electron chi connectivity index (χ2n) is 18.1. The van der Waals surface area contributed by atoms with Crippen LogP contribution in [0, 0.1) is 11.6 Å². The van der Waals surface area contributed by atoms with Crippen LogP contribution in [0.3, 0.4) is 0 Å². The first-order chi connectivity index (χ1) is 34.7. The predicted octanol–water partition coefficient (Wildman–Crippen LogP) is 13.9. The van der Waals surface area contributed by atoms with Crippen molar-refractivity contribution in [2.24, 2.45) is 0 Å². The van der Waals surface area contributed by atoms with Gasteiger partial charge in [0.05, 0.1) is 55.7 Å². The summed E-state index contributed by atoms with van der Waals surface area (Å²) in [7, 11) is 0. The van der Waals surface area contributed by atoms with Crippen LogP contribution in [-0.4, -0.2) is 55.7 Å². The number of hydrogen-bond donors (Lipinski definition) is 0. The van der Waals surface area contributed by atoms with Crippen LogP contribution in [0.5, 0.6) is 0 Å². The molecule has 71 heavy (non-hydrogen) atoms. The van der Waals surface area contributed by atoms with Crippen LogP contribution in [0.4, 0.5) is 8.78 Å². The van der Waals surface area contributed by atoms with E-state index in [1.165, 1.54) is 27.2 Å². The van der Waals surface area contributed by atoms with E-state index in [0.717, 1.165) is 97.7 Å². The van der Waals surface area contributed by atoms with Crippen molar-refractivity contribution in [2.75, 3.05) is 13.1 Å². The van der Waals surface area contributed by atoms with Crippen LogP contribution in [-0.2, 0) is 6.42 Å². The molecule has 10 aromatic rings. The zero-order chi connectivity index (χ0) is 48.9. The fraction of sp³-hybridized carbons (Fsp3) is 0.148. The first-order valence-corrected chi connectivity index (χ1v) is 24.2. The number of rotatable bonds is 8. The summed E-state index contributed by atoms with van der Waals surface area (Å²) in [5.41, 5.74) is 11.3. The summed E-state index contributed by atoms with van der Waals surface area (Å²) in [6.45, 7) is 4.58. The quantitative estimate of drug-likeness (QED) is 0.142. The number of unbranched alkanes of at least 4 members (excludes halogenated alkanes) is 2. The van der Waals surface area contributed by atoms with E-state index in [1.807, 2.05) is 67.6 Å². The van der Waals surface area contributed by atoms with Gasteiger partial charge in [-0.05, 0) is 90.0 Å². The second kappa shape index (κ2) is 18.4. The minimum atomic E-state index is -0.848. The summed E-state index contributed by atoms with van der Waals surface area (Å²) >= 11 is 0. The predicted molar refractivity (Wildman–Crippen MR) is 277 cm³/mol. The number of hydrogen-bond acceptors (Lipinski definition) is 4. The summed E-state index contributed by atoms with van der Waals surface area (Å²) in [4.78, 5) is 54.4. The molecule has 1 aliphatic carbocycles. The van der Waals surface area contributed by atoms with Crippen LogP contribution in [0.2, 0.25) is 0 Å². The van der Waals surface area contributed by atoms with Crippen LogP contribution in [0.1, 0.15) is 92.1 Å². The molecular weight excluding hydrogens is 891 g/mol. The van der Waals surface area contributed by atoms with Gasteiger partial charge in [0, 0.05) is 34.6 Å². The Morgan fingerprint density at radius 1 is 0.380 bits per heavy atom. The van der Waals surface area contributed by atoms with E-state index >= 15 is 0 Å². The third-order valence-corrected chi connectivity index (χ3v) is 13.9. The molecular formula is C61H48F2N4O4. The van der Waals surface area contributed by atoms with Gasteiger partial charge in [-0.3, -0.25) is 29.0 Å². The summed E-state index contributed by atoms with van der Waals surface area (Å²) in [6, 6.07) is 56.1. The number of imide groups is 2. The van der Waals surface area contributed by atoms with Gasteiger partial charge in [-0.25, -0.2) is 8.78 Å². The molecule has 0 spiro atoms. The third-order valence-electron chi connectivity index (χ3n) is 13.9. The van der Waals surface area contributed by atoms with Crippen molar-refractivity contribution < 1.29 is 28.0 Å². The molecule has 4 heterocycles. The number of halogens is 2. The van der Waals surface area contributed by atoms with Gasteiger partial charge < -0.3 is 9.13 Å². The minimum absolute atomic E-state index is 0.196. The standard InChI is InChI=1S/C36H27N3O2.C13H10.C12H11F2NO2/c1-2-3-22-37-35(40)33-31(38-27-16-8-4-12-23(27)24-13-5-9-17-28(24)38)20-21-32(34(33)36(37)41)39-29-18-10-6-14-25(29)26-15-7-11-19-30(26)39;1-3-7-12-10(5-1)9-11-6-2-4-8-13(11)12;1-2-3-6-15-11(16)9-7(13)4-5-8(14)10(9)12(15)17/h4-21H,2-3,22H2,1H3;1-8H,9H2;4-5H,2-3,6H2,1H3. The summed E-state index contributed by atoms with van der Waals surface area (Å²) < 4.78 is 31.1. The van der Waals surface area contributed by atoms with E-state index in [1.54, 1.807) is 0 Å². The van der Waals surface area contributed by atoms with Gasteiger partial charge in [0.25, 0.3) is 23.6 Å². The fourth-order valence-electron chi connectivity index (χ4n) is 10.6. The van der Waals surface area contributed by atoms with E-state index in [2.05, 4.69) is 113 Å². The monoisotopic (exact) mass is 938 g/mol. The van der Waals surface area contributed by atoms with Crippen molar-refractivity contribution in [2.45, 2.75) is 46.0 Å². The molecule has 4 amide bonds. The first-order valence-electron chi connectivity index (χ1n) is 24.2. The van der Waals surface area contributed by atoms with Crippen LogP contribution < -0.4 is 0 Å². The van der Waals surface area contributed by atoms with Gasteiger partial charge in [-0.2, -0.15) is 0 Å². The number of carbonyl (C=O) groups is 4. The number of benzene rings is 8. The minimum Gasteiger partial charge on any atom is -0.308 e. The average molecular weight is 939 g/mol. The molecule has 350 valence electrons. The Balaban J connectivity index is 0.000000148. The normalized spacial score (nSPS) is 13.4. The molecule has 0 N–H and O–H groups in total. The third kappa shape index (κ3) is 7.40. The van der Waals surface area contributed by atoms with Gasteiger partial charge in [0.2, 0.25) is 0 Å². The van der Waals surface area contributed by atoms with Crippen molar-refractivity contribution in [1.29, 1.82) is 0 Å². The summed E-state index contributed by atoms with van der Waals surface area (Å²) in [5.74, 6) is -3.63. The van der Waals surface area contributed by atoms with Gasteiger partial charge in [0.1, 0.15) is 11.6 Å². The number of nitrogens with zero attached hydrogens (tertiary/aromatic N) is 4. The molecule has 0 saturated carbocycles. The second-order valence-corrected chi connectivity index (χ2v) is 18.1. The van der Waals surface area contributed by atoms with E-state index in [-0.39, 0.29) is 18.4 Å². The number of aromatic nitrogens is 2. The highest BCUT2D eigenvalue weighted by atomic mass is 19.1. The smallest absolute Gasteiger partial charge is 0.264 e. The lowest BCUT2D eigenvalue weighted by atomic mass is 10.0. The number of fused-ring (bicyclic) bond motifs is 11. The highest BCUT2D eigenvalue weighted by molar-refractivity contribution is 6.26. The summed E-state index contributed by atoms with van der Waals surface area (Å²) in [5, 5.41) is 4.46. The zero-order valence-electron chi connectivity index (χ0n) is 39.3. The Hall–Kier alpha value is -8.50. The van der Waals surface area contributed by atoms with Crippen molar-refractivity contribution in [1.82, 2.24) is 18.9 Å². The van der Waals surface area contributed by atoms with Crippen molar-refractivity contribution in [3.8, 4) is 22.5 Å². The van der Waals surface area contributed by atoms with Crippen LogP contribution in [0.25, 0.3) is 66.1 Å². The van der Waals surface area contributed by atoms with E-state index in [4.69, 9.17) is 0 Å². The Morgan fingerprint density at radius 3 is 1.04 bits per heavy atom. The molecule has 0 saturated heterocycles. The fourth-order valence-corrected chi connectivity index (χ4v) is 10.6. The molecule has 3 aliphatic rings. The van der Waals surface area contributed by atoms with E-state index < -0.39 is 34.6 Å². The molecule has 2 aromatic heterocycles. The van der Waals surface area contributed by atoms with Crippen molar-refractivity contribution >= 4 is 67.2 Å². The molecule has 0 radical (unpaired) electrons. The lowest BCUT2D eigenvalue weighted by molar-refractivity contribution is 0.0635. The molecule has 0 bridgehead atoms. The van der Waals surface area contributed by atoms with Crippen molar-refractivity contribution in [3.05, 3.63) is 215 Å². The molecule has 8 aromatic carbocycles. The van der Waals surface area contributed by atoms with Gasteiger partial charge in [0.15, 0.2) is 0 Å². The Bertz CT molecular complexity index is 3470. The largest absolute Gasteiger partial charge is 0.308 e. The topological polar surface area (TPSA) is 84.6 Å². The number of carbonyl (C=O) groups excluding carboxylic acids is 4. The molecule has 2 aliphatic heterocycles. The Kier molecular flexibility index (Phi) is 11.7. The highest BCUT2D eigenvalue weighted by Gasteiger charge is 2.42. The van der Waals surface area contributed by atoms with Gasteiger partial charge in [-0.1, -0.05) is 148 Å². The average Bonchev–Trinajstić information content (AvgIpc) is 4.18. The maximum atomic E-state index is 14.2. The van der Waals surface area contributed by atoms with E-state index in [9.17, 15) is 28.0 Å². The Labute approximate surface area is 409 Å². The molecule has 8 nitrogen and oxygen atoms in total. The molecule has 0 fully saturated rings. The first kappa shape index (κ1) is 45.0. The number of amides is 4. The molecule has 10 heteroatoms. The maximum absolute atomic E-state index is 14.2. The SMILES string of the molecule is CCCCN1C(=O)c2c(-n3c4ccccc4c4ccccc43)ccc(-n3c4ccccc4c4ccccc43)c2C1=O.CCCCN1C(=O)c2c(F)ccc(F)c2C1=O.c1ccc2c(c1)Cc1ccccc1-2. The highest BCUT2D eigenvalue weighted by Crippen LogP contribution is 2.42. The molecule has 0 unspecified atom stereocenters.